The molecule has 3 aromatic rings. The molecule has 2 aromatic heterocycles. The minimum absolute atomic E-state index is 0.203. The second-order valence-electron chi connectivity index (χ2n) is 6.13. The molecule has 4 rings (SSSR count). The minimum Gasteiger partial charge on any atom is -0.360 e. The molecular weight excluding hydrogens is 304 g/mol. The number of nitrogens with one attached hydrogen (secondary N) is 1. The van der Waals surface area contributed by atoms with Gasteiger partial charge in [-0.25, -0.2) is 4.98 Å². The van der Waals surface area contributed by atoms with Gasteiger partial charge in [-0.05, 0) is 24.0 Å². The van der Waals surface area contributed by atoms with E-state index in [2.05, 4.69) is 27.6 Å². The first-order valence-electron chi connectivity index (χ1n) is 8.06. The van der Waals surface area contributed by atoms with E-state index < -0.39 is 0 Å². The van der Waals surface area contributed by atoms with E-state index in [0.717, 1.165) is 36.3 Å². The smallest absolute Gasteiger partial charge is 0.273 e. The Labute approximate surface area is 139 Å². The third-order valence-electron chi connectivity index (χ3n) is 4.11. The molecule has 0 bridgehead atoms. The molecule has 0 spiro atoms. The maximum absolute atomic E-state index is 12.2. The molecule has 1 saturated carbocycles. The number of rotatable bonds is 6. The molecule has 1 N–H and O–H groups in total. The van der Waals surface area contributed by atoms with Crippen LogP contribution in [0.5, 0.6) is 0 Å². The van der Waals surface area contributed by atoms with E-state index in [9.17, 15) is 4.79 Å². The Kier molecular flexibility index (Phi) is 3.86. The summed E-state index contributed by atoms with van der Waals surface area (Å²) in [7, 11) is 0. The maximum atomic E-state index is 12.2. The molecule has 0 saturated heterocycles. The molecule has 122 valence electrons. The van der Waals surface area contributed by atoms with Crippen LogP contribution in [0.3, 0.4) is 0 Å². The summed E-state index contributed by atoms with van der Waals surface area (Å²) < 4.78 is 7.23. The van der Waals surface area contributed by atoms with Crippen molar-refractivity contribution in [2.75, 3.05) is 0 Å². The van der Waals surface area contributed by atoms with Gasteiger partial charge >= 0.3 is 0 Å². The first-order valence-corrected chi connectivity index (χ1v) is 8.06. The Morgan fingerprint density at radius 3 is 2.96 bits per heavy atom. The van der Waals surface area contributed by atoms with Crippen molar-refractivity contribution < 1.29 is 9.32 Å². The van der Waals surface area contributed by atoms with Gasteiger partial charge in [0.15, 0.2) is 5.69 Å². The van der Waals surface area contributed by atoms with Crippen LogP contribution in [0.1, 0.15) is 46.1 Å². The summed E-state index contributed by atoms with van der Waals surface area (Å²) >= 11 is 0. The number of nitrogens with zero attached hydrogens (tertiary/aromatic N) is 3. The fourth-order valence-corrected chi connectivity index (χ4v) is 2.66. The first-order chi connectivity index (χ1) is 11.8. The molecule has 0 aliphatic heterocycles. The molecule has 0 unspecified atom stereocenters. The van der Waals surface area contributed by atoms with Crippen LogP contribution in [-0.2, 0) is 13.1 Å². The Morgan fingerprint density at radius 1 is 1.29 bits per heavy atom. The summed E-state index contributed by atoms with van der Waals surface area (Å²) in [5.41, 5.74) is 2.57. The number of amides is 1. The molecule has 1 aliphatic rings. The molecule has 1 fully saturated rings. The standard InChI is InChI=1S/C18H18N4O2/c23-18(16-9-17(24-21-16)15-4-5-15)20-10-13-2-1-3-14(8-13)11-22-7-6-19-12-22/h1-3,6-9,12,15H,4-5,10-11H2,(H,20,23). The zero-order chi connectivity index (χ0) is 16.4. The molecule has 0 radical (unpaired) electrons. The van der Waals surface area contributed by atoms with Gasteiger partial charge in [-0.15, -0.1) is 0 Å². The van der Waals surface area contributed by atoms with Crippen LogP contribution in [-0.4, -0.2) is 20.6 Å². The summed E-state index contributed by atoms with van der Waals surface area (Å²) in [6.45, 7) is 1.22. The number of hydrogen-bond donors (Lipinski definition) is 1. The van der Waals surface area contributed by atoms with Gasteiger partial charge in [-0.2, -0.15) is 0 Å². The van der Waals surface area contributed by atoms with Crippen LogP contribution in [0.4, 0.5) is 0 Å². The highest BCUT2D eigenvalue weighted by Crippen LogP contribution is 2.40. The number of carbonyl (C=O) groups excluding carboxylic acids is 1. The highest BCUT2D eigenvalue weighted by Gasteiger charge is 2.28. The number of aromatic nitrogens is 3. The van der Waals surface area contributed by atoms with E-state index in [0.29, 0.717) is 18.2 Å². The molecule has 2 heterocycles. The minimum atomic E-state index is -0.203. The van der Waals surface area contributed by atoms with Gasteiger partial charge in [0.05, 0.1) is 6.33 Å². The highest BCUT2D eigenvalue weighted by atomic mass is 16.5. The lowest BCUT2D eigenvalue weighted by Gasteiger charge is -2.07. The second-order valence-corrected chi connectivity index (χ2v) is 6.13. The largest absolute Gasteiger partial charge is 0.360 e. The number of imidazole rings is 1. The highest BCUT2D eigenvalue weighted by molar-refractivity contribution is 5.92. The number of carbonyl (C=O) groups is 1. The summed E-state index contributed by atoms with van der Waals surface area (Å²) in [6.07, 6.45) is 7.73. The van der Waals surface area contributed by atoms with Gasteiger partial charge in [0, 0.05) is 37.5 Å². The lowest BCUT2D eigenvalue weighted by Crippen LogP contribution is -2.23. The molecule has 1 aliphatic carbocycles. The normalized spacial score (nSPS) is 13.8. The number of benzene rings is 1. The quantitative estimate of drug-likeness (QED) is 0.757. The SMILES string of the molecule is O=C(NCc1cccc(Cn2ccnc2)c1)c1cc(C2CC2)on1. The van der Waals surface area contributed by atoms with Crippen LogP contribution >= 0.6 is 0 Å². The fourth-order valence-electron chi connectivity index (χ4n) is 2.66. The van der Waals surface area contributed by atoms with Gasteiger partial charge in [-0.3, -0.25) is 4.79 Å². The molecule has 0 atom stereocenters. The zero-order valence-electron chi connectivity index (χ0n) is 13.2. The van der Waals surface area contributed by atoms with E-state index in [-0.39, 0.29) is 5.91 Å². The molecule has 24 heavy (non-hydrogen) atoms. The second kappa shape index (κ2) is 6.31. The van der Waals surface area contributed by atoms with Crippen LogP contribution in [0, 0.1) is 0 Å². The zero-order valence-corrected chi connectivity index (χ0v) is 13.2. The van der Waals surface area contributed by atoms with Gasteiger partial charge in [0.2, 0.25) is 0 Å². The van der Waals surface area contributed by atoms with Crippen LogP contribution in [0.2, 0.25) is 0 Å². The van der Waals surface area contributed by atoms with Crippen LogP contribution in [0.15, 0.2) is 53.6 Å². The Balaban J connectivity index is 1.37. The Hall–Kier alpha value is -2.89. The van der Waals surface area contributed by atoms with Crippen molar-refractivity contribution in [1.29, 1.82) is 0 Å². The predicted molar refractivity (Wildman–Crippen MR) is 87.4 cm³/mol. The van der Waals surface area contributed by atoms with Crippen molar-refractivity contribution in [3.8, 4) is 0 Å². The summed E-state index contributed by atoms with van der Waals surface area (Å²) in [5, 5.41) is 6.75. The van der Waals surface area contributed by atoms with Gasteiger partial charge in [0.1, 0.15) is 5.76 Å². The van der Waals surface area contributed by atoms with E-state index in [1.807, 2.05) is 22.9 Å². The third kappa shape index (κ3) is 3.37. The van der Waals surface area contributed by atoms with Gasteiger partial charge in [-0.1, -0.05) is 29.4 Å². The molecule has 1 aromatic carbocycles. The van der Waals surface area contributed by atoms with Crippen molar-refractivity contribution in [3.63, 3.8) is 0 Å². The third-order valence-corrected chi connectivity index (χ3v) is 4.11. The number of hydrogen-bond acceptors (Lipinski definition) is 4. The van der Waals surface area contributed by atoms with Crippen molar-refractivity contribution in [2.24, 2.45) is 0 Å². The van der Waals surface area contributed by atoms with Crippen LogP contribution in [0.25, 0.3) is 0 Å². The topological polar surface area (TPSA) is 73.0 Å². The molecule has 6 heteroatoms. The molecule has 1 amide bonds. The van der Waals surface area contributed by atoms with E-state index in [1.165, 1.54) is 0 Å². The monoisotopic (exact) mass is 322 g/mol. The fraction of sp³-hybridized carbons (Fsp3) is 0.278. The molecular formula is C18H18N4O2. The van der Waals surface area contributed by atoms with E-state index in [1.54, 1.807) is 18.6 Å². The molecule has 6 nitrogen and oxygen atoms in total. The average molecular weight is 322 g/mol. The lowest BCUT2D eigenvalue weighted by atomic mass is 10.1. The summed E-state index contributed by atoms with van der Waals surface area (Å²) in [4.78, 5) is 16.2. The Morgan fingerprint density at radius 2 is 2.17 bits per heavy atom. The van der Waals surface area contributed by atoms with Gasteiger partial charge < -0.3 is 14.4 Å². The maximum Gasteiger partial charge on any atom is 0.273 e. The summed E-state index contributed by atoms with van der Waals surface area (Å²) in [5.74, 6) is 1.08. The van der Waals surface area contributed by atoms with E-state index >= 15 is 0 Å². The van der Waals surface area contributed by atoms with Gasteiger partial charge in [0.25, 0.3) is 5.91 Å². The van der Waals surface area contributed by atoms with Crippen LogP contribution < -0.4 is 5.32 Å². The van der Waals surface area contributed by atoms with Crippen molar-refractivity contribution in [3.05, 3.63) is 71.6 Å². The van der Waals surface area contributed by atoms with E-state index in [4.69, 9.17) is 4.52 Å². The van der Waals surface area contributed by atoms with Crippen molar-refractivity contribution in [1.82, 2.24) is 20.0 Å². The predicted octanol–water partition coefficient (Wildman–Crippen LogP) is 2.73. The Bertz CT molecular complexity index is 834. The lowest BCUT2D eigenvalue weighted by molar-refractivity contribution is 0.0941. The average Bonchev–Trinajstić information content (AvgIpc) is 3.10. The van der Waals surface area contributed by atoms with Crippen molar-refractivity contribution >= 4 is 5.91 Å². The first kappa shape index (κ1) is 14.7. The summed E-state index contributed by atoms with van der Waals surface area (Å²) in [6, 6.07) is 9.89. The van der Waals surface area contributed by atoms with Crippen molar-refractivity contribution in [2.45, 2.75) is 31.8 Å².